The Balaban J connectivity index is 1.28. The van der Waals surface area contributed by atoms with Crippen LogP contribution >= 0.6 is 0 Å². The van der Waals surface area contributed by atoms with Crippen molar-refractivity contribution in [1.82, 2.24) is 10.3 Å². The second-order valence-electron chi connectivity index (χ2n) is 10.0. The molecule has 6 N–H and O–H groups in total. The average molecular weight is 559 g/mol. The van der Waals surface area contributed by atoms with Gasteiger partial charge in [0, 0.05) is 43.0 Å². The molecule has 3 atom stereocenters. The van der Waals surface area contributed by atoms with E-state index in [9.17, 15) is 23.5 Å². The average Bonchev–Trinajstić information content (AvgIpc) is 2.98. The molecule has 0 aliphatic heterocycles. The Morgan fingerprint density at radius 3 is 2.39 bits per heavy atom. The maximum atomic E-state index is 13.9. The normalized spacial score (nSPS) is 13.3. The van der Waals surface area contributed by atoms with Gasteiger partial charge in [0.15, 0.2) is 5.78 Å². The molecular weight excluding hydrogens is 526 g/mol. The lowest BCUT2D eigenvalue weighted by Gasteiger charge is -2.18. The molecular formula is C32H32F2N4O3. The fourth-order valence-corrected chi connectivity index (χ4v) is 4.50. The van der Waals surface area contributed by atoms with Crippen molar-refractivity contribution >= 4 is 11.7 Å². The number of aliphatic hydroxyl groups excluding tert-OH is 1. The third kappa shape index (κ3) is 8.34. The molecule has 0 radical (unpaired) electrons. The molecule has 9 heteroatoms. The predicted octanol–water partition coefficient (Wildman–Crippen LogP) is 3.37. The third-order valence-electron chi connectivity index (χ3n) is 6.74. The van der Waals surface area contributed by atoms with E-state index in [0.29, 0.717) is 17.5 Å². The van der Waals surface area contributed by atoms with Gasteiger partial charge in [-0.05, 0) is 77.1 Å². The van der Waals surface area contributed by atoms with Gasteiger partial charge < -0.3 is 21.9 Å². The number of nitrogens with one attached hydrogen (secondary N) is 1. The van der Waals surface area contributed by atoms with E-state index in [-0.39, 0.29) is 24.9 Å². The van der Waals surface area contributed by atoms with Crippen LogP contribution in [0.1, 0.15) is 27.0 Å². The van der Waals surface area contributed by atoms with Crippen LogP contribution in [0, 0.1) is 11.6 Å². The van der Waals surface area contributed by atoms with Crippen LogP contribution < -0.4 is 16.8 Å². The number of hydrogen-bond donors (Lipinski definition) is 4. The summed E-state index contributed by atoms with van der Waals surface area (Å²) in [5.74, 6) is -2.01. The highest BCUT2D eigenvalue weighted by molar-refractivity contribution is 5.95. The lowest BCUT2D eigenvalue weighted by molar-refractivity contribution is -0.127. The minimum absolute atomic E-state index is 0.0364. The van der Waals surface area contributed by atoms with E-state index in [4.69, 9.17) is 11.5 Å². The number of aliphatic hydroxyl groups is 1. The number of amides is 1. The van der Waals surface area contributed by atoms with Crippen LogP contribution in [0.3, 0.4) is 0 Å². The Labute approximate surface area is 237 Å². The number of Topliss-reactive ketones (excluding diaryl/α,β-unsaturated/α-hetero) is 1. The maximum Gasteiger partial charge on any atom is 0.251 e. The summed E-state index contributed by atoms with van der Waals surface area (Å²) in [6.45, 7) is 0.0364. The van der Waals surface area contributed by atoms with E-state index in [1.54, 1.807) is 36.7 Å². The number of carbonyl (C=O) groups excluding carboxylic acids is 2. The van der Waals surface area contributed by atoms with Crippen LogP contribution in [0.5, 0.6) is 0 Å². The number of benzene rings is 3. The second-order valence-corrected chi connectivity index (χ2v) is 10.0. The number of pyridine rings is 1. The predicted molar refractivity (Wildman–Crippen MR) is 153 cm³/mol. The highest BCUT2D eigenvalue weighted by atomic mass is 19.1. The van der Waals surface area contributed by atoms with Gasteiger partial charge in [0.1, 0.15) is 17.7 Å². The Morgan fingerprint density at radius 1 is 0.878 bits per heavy atom. The zero-order chi connectivity index (χ0) is 29.4. The topological polar surface area (TPSA) is 131 Å². The van der Waals surface area contributed by atoms with Gasteiger partial charge in [0.05, 0.1) is 0 Å². The van der Waals surface area contributed by atoms with Gasteiger partial charge in [-0.2, -0.15) is 0 Å². The molecule has 0 saturated heterocycles. The zero-order valence-corrected chi connectivity index (χ0v) is 22.3. The molecule has 0 saturated carbocycles. The van der Waals surface area contributed by atoms with E-state index in [1.807, 2.05) is 36.4 Å². The van der Waals surface area contributed by atoms with Gasteiger partial charge in [-0.1, -0.05) is 42.5 Å². The van der Waals surface area contributed by atoms with Crippen molar-refractivity contribution in [3.63, 3.8) is 0 Å². The van der Waals surface area contributed by atoms with Crippen LogP contribution in [0.4, 0.5) is 8.78 Å². The minimum atomic E-state index is -1.38. The summed E-state index contributed by atoms with van der Waals surface area (Å²) >= 11 is 0. The van der Waals surface area contributed by atoms with Crippen LogP contribution in [-0.4, -0.2) is 46.5 Å². The fourth-order valence-electron chi connectivity index (χ4n) is 4.50. The number of aromatic nitrogens is 1. The highest BCUT2D eigenvalue weighted by Crippen LogP contribution is 2.19. The lowest BCUT2D eigenvalue weighted by Crippen LogP contribution is -2.42. The number of halogens is 2. The molecule has 0 spiro atoms. The van der Waals surface area contributed by atoms with Crippen molar-refractivity contribution < 1.29 is 23.5 Å². The molecule has 4 rings (SSSR count). The smallest absolute Gasteiger partial charge is 0.251 e. The summed E-state index contributed by atoms with van der Waals surface area (Å²) in [5, 5.41) is 13.3. The summed E-state index contributed by atoms with van der Waals surface area (Å²) in [6.07, 6.45) is 2.35. The van der Waals surface area contributed by atoms with Gasteiger partial charge in [-0.15, -0.1) is 0 Å². The van der Waals surface area contributed by atoms with Crippen LogP contribution in [0.25, 0.3) is 11.1 Å². The van der Waals surface area contributed by atoms with E-state index in [2.05, 4.69) is 10.3 Å². The molecule has 0 aliphatic rings. The Bertz CT molecular complexity index is 1480. The molecule has 7 nitrogen and oxygen atoms in total. The van der Waals surface area contributed by atoms with Crippen molar-refractivity contribution in [2.45, 2.75) is 37.5 Å². The molecule has 0 bridgehead atoms. The first-order valence-corrected chi connectivity index (χ1v) is 13.2. The van der Waals surface area contributed by atoms with Crippen LogP contribution in [-0.2, 0) is 24.1 Å². The molecule has 41 heavy (non-hydrogen) atoms. The maximum absolute atomic E-state index is 13.9. The summed E-state index contributed by atoms with van der Waals surface area (Å²) < 4.78 is 27.3. The molecule has 1 heterocycles. The van der Waals surface area contributed by atoms with Crippen molar-refractivity contribution in [2.24, 2.45) is 11.5 Å². The van der Waals surface area contributed by atoms with Crippen molar-refractivity contribution in [2.75, 3.05) is 6.54 Å². The molecule has 3 unspecified atom stereocenters. The van der Waals surface area contributed by atoms with E-state index < -0.39 is 41.5 Å². The summed E-state index contributed by atoms with van der Waals surface area (Å²) in [6, 6.07) is 19.7. The minimum Gasteiger partial charge on any atom is -0.384 e. The van der Waals surface area contributed by atoms with E-state index in [0.717, 1.165) is 34.9 Å². The lowest BCUT2D eigenvalue weighted by atomic mass is 9.95. The summed E-state index contributed by atoms with van der Waals surface area (Å²) in [4.78, 5) is 29.6. The van der Waals surface area contributed by atoms with Crippen molar-refractivity contribution in [3.8, 4) is 11.1 Å². The first kappa shape index (κ1) is 29.7. The Morgan fingerprint density at radius 2 is 1.66 bits per heavy atom. The standard InChI is InChI=1S/C32H32F2N4O3/c33-26-10-11-28(34)25(16-26)17-27(35)19-38-32(41)23-4-1-3-21(13-23)15-30(39)31(40)29(36)14-20-6-8-22(9-7-20)24-5-2-12-37-18-24/h1-13,16,18,27,29,31,40H,14-15,17,19,35-36H2,(H,38,41). The monoisotopic (exact) mass is 558 g/mol. The van der Waals surface area contributed by atoms with Crippen LogP contribution in [0.2, 0.25) is 0 Å². The molecule has 3 aromatic carbocycles. The van der Waals surface area contributed by atoms with Gasteiger partial charge in [0.25, 0.3) is 5.91 Å². The number of nitrogens with zero attached hydrogens (tertiary/aromatic N) is 1. The number of hydrogen-bond acceptors (Lipinski definition) is 6. The van der Waals surface area contributed by atoms with E-state index in [1.165, 1.54) is 0 Å². The largest absolute Gasteiger partial charge is 0.384 e. The fraction of sp³-hybridized carbons (Fsp3) is 0.219. The number of carbonyl (C=O) groups is 2. The van der Waals surface area contributed by atoms with Crippen molar-refractivity contribution in [3.05, 3.63) is 125 Å². The summed E-state index contributed by atoms with van der Waals surface area (Å²) in [5.41, 5.74) is 16.0. The summed E-state index contributed by atoms with van der Waals surface area (Å²) in [7, 11) is 0. The molecule has 1 amide bonds. The van der Waals surface area contributed by atoms with Crippen molar-refractivity contribution in [1.29, 1.82) is 0 Å². The number of rotatable bonds is 12. The third-order valence-corrected chi connectivity index (χ3v) is 6.74. The van der Waals surface area contributed by atoms with Gasteiger partial charge in [-0.25, -0.2) is 8.78 Å². The Kier molecular flexibility index (Phi) is 10.0. The molecule has 0 fully saturated rings. The molecule has 1 aromatic heterocycles. The highest BCUT2D eigenvalue weighted by Gasteiger charge is 2.23. The number of nitrogens with two attached hydrogens (primary N) is 2. The molecule has 0 aliphatic carbocycles. The molecule has 212 valence electrons. The van der Waals surface area contributed by atoms with Gasteiger partial charge in [0.2, 0.25) is 0 Å². The van der Waals surface area contributed by atoms with Crippen LogP contribution in [0.15, 0.2) is 91.3 Å². The van der Waals surface area contributed by atoms with Gasteiger partial charge >= 0.3 is 0 Å². The first-order valence-electron chi connectivity index (χ1n) is 13.2. The quantitative estimate of drug-likeness (QED) is 0.211. The number of ketones is 1. The second kappa shape index (κ2) is 13.8. The van der Waals surface area contributed by atoms with Gasteiger partial charge in [-0.3, -0.25) is 14.6 Å². The Hall–Kier alpha value is -4.31. The first-order chi connectivity index (χ1) is 19.7. The zero-order valence-electron chi connectivity index (χ0n) is 22.3. The molecule has 4 aromatic rings. The van der Waals surface area contributed by atoms with E-state index >= 15 is 0 Å². The SMILES string of the molecule is NC(CNC(=O)c1cccc(CC(=O)C(O)C(N)Cc2ccc(-c3cccnc3)cc2)c1)Cc1cc(F)ccc1F.